The number of ether oxygens (including phenoxy) is 1. The third-order valence-electron chi connectivity index (χ3n) is 2.07. The predicted molar refractivity (Wildman–Crippen MR) is 65.7 cm³/mol. The first-order valence-electron chi connectivity index (χ1n) is 5.08. The third-order valence-corrected chi connectivity index (χ3v) is 2.89. The van der Waals surface area contributed by atoms with Crippen LogP contribution < -0.4 is 0 Å². The van der Waals surface area contributed by atoms with Crippen molar-refractivity contribution in [2.75, 3.05) is 6.61 Å². The van der Waals surface area contributed by atoms with E-state index >= 15 is 0 Å². The highest BCUT2D eigenvalue weighted by Crippen LogP contribution is 2.31. The first kappa shape index (κ1) is 12.9. The Hall–Kier alpha value is -1.59. The number of esters is 1. The van der Waals surface area contributed by atoms with Crippen molar-refractivity contribution >= 4 is 29.2 Å². The van der Waals surface area contributed by atoms with Gasteiger partial charge in [-0.1, -0.05) is 34.4 Å². The molecule has 0 saturated carbocycles. The minimum absolute atomic E-state index is 0.186. The topological polar surface area (TPSA) is 65.2 Å². The lowest BCUT2D eigenvalue weighted by atomic mass is 10.2. The van der Waals surface area contributed by atoms with Crippen LogP contribution in [0.15, 0.2) is 22.7 Å². The van der Waals surface area contributed by atoms with Gasteiger partial charge in [0.2, 0.25) is 5.82 Å². The Morgan fingerprint density at radius 2 is 2.22 bits per heavy atom. The van der Waals surface area contributed by atoms with E-state index < -0.39 is 5.97 Å². The van der Waals surface area contributed by atoms with E-state index in [2.05, 4.69) is 10.1 Å². The van der Waals surface area contributed by atoms with E-state index in [4.69, 9.17) is 32.5 Å². The molecule has 0 radical (unpaired) electrons. The summed E-state index contributed by atoms with van der Waals surface area (Å²) in [6.45, 7) is 1.91. The molecule has 0 amide bonds. The molecular weight excluding hydrogens is 279 g/mol. The van der Waals surface area contributed by atoms with Crippen LogP contribution in [0.4, 0.5) is 0 Å². The van der Waals surface area contributed by atoms with Crippen molar-refractivity contribution in [3.8, 4) is 11.4 Å². The lowest BCUT2D eigenvalue weighted by Crippen LogP contribution is -2.04. The van der Waals surface area contributed by atoms with Gasteiger partial charge in [0, 0.05) is 5.56 Å². The zero-order valence-electron chi connectivity index (χ0n) is 9.31. The summed E-state index contributed by atoms with van der Waals surface area (Å²) in [5.74, 6) is -0.706. The summed E-state index contributed by atoms with van der Waals surface area (Å²) in [6.07, 6.45) is 0. The molecule has 1 heterocycles. The maximum atomic E-state index is 11.4. The summed E-state index contributed by atoms with van der Waals surface area (Å²) in [6, 6.07) is 5.01. The molecule has 0 aliphatic carbocycles. The summed E-state index contributed by atoms with van der Waals surface area (Å²) in [7, 11) is 0. The standard InChI is InChI=1S/C11H8Cl2N2O3/c1-2-17-11(16)10-14-9(15-18-10)6-4-3-5-7(12)8(6)13/h3-5H,2H2,1H3. The fourth-order valence-electron chi connectivity index (χ4n) is 1.29. The van der Waals surface area contributed by atoms with Gasteiger partial charge in [0.1, 0.15) is 0 Å². The molecule has 0 atom stereocenters. The minimum atomic E-state index is -0.672. The molecule has 5 nitrogen and oxygen atoms in total. The predicted octanol–water partition coefficient (Wildman–Crippen LogP) is 3.22. The van der Waals surface area contributed by atoms with Crippen molar-refractivity contribution in [2.24, 2.45) is 0 Å². The van der Waals surface area contributed by atoms with Crippen LogP contribution in [-0.2, 0) is 4.74 Å². The molecular formula is C11H8Cl2N2O3. The summed E-state index contributed by atoms with van der Waals surface area (Å²) >= 11 is 11.9. The number of rotatable bonds is 3. The first-order chi connectivity index (χ1) is 8.63. The summed E-state index contributed by atoms with van der Waals surface area (Å²) in [5, 5.41) is 4.33. The minimum Gasteiger partial charge on any atom is -0.459 e. The maximum absolute atomic E-state index is 11.4. The van der Waals surface area contributed by atoms with Crippen molar-refractivity contribution in [3.63, 3.8) is 0 Å². The second-order valence-corrected chi connectivity index (χ2v) is 4.03. The molecule has 0 unspecified atom stereocenters. The van der Waals surface area contributed by atoms with Gasteiger partial charge in [-0.3, -0.25) is 0 Å². The SMILES string of the molecule is CCOC(=O)c1nc(-c2cccc(Cl)c2Cl)no1. The average molecular weight is 287 g/mol. The van der Waals surface area contributed by atoms with Crippen molar-refractivity contribution in [2.45, 2.75) is 6.92 Å². The Morgan fingerprint density at radius 1 is 1.44 bits per heavy atom. The van der Waals surface area contributed by atoms with Gasteiger partial charge in [0.15, 0.2) is 0 Å². The smallest absolute Gasteiger partial charge is 0.397 e. The van der Waals surface area contributed by atoms with Crippen molar-refractivity contribution in [1.82, 2.24) is 10.1 Å². The van der Waals surface area contributed by atoms with Crippen LogP contribution in [0.5, 0.6) is 0 Å². The van der Waals surface area contributed by atoms with E-state index in [0.29, 0.717) is 15.6 Å². The van der Waals surface area contributed by atoms with Crippen LogP contribution >= 0.6 is 23.2 Å². The monoisotopic (exact) mass is 286 g/mol. The fraction of sp³-hybridized carbons (Fsp3) is 0.182. The molecule has 7 heteroatoms. The lowest BCUT2D eigenvalue weighted by Gasteiger charge is -1.99. The second kappa shape index (κ2) is 5.37. The van der Waals surface area contributed by atoms with E-state index in [1.165, 1.54) is 0 Å². The van der Waals surface area contributed by atoms with Crippen LogP contribution in [0.25, 0.3) is 11.4 Å². The molecule has 0 saturated heterocycles. The molecule has 94 valence electrons. The molecule has 18 heavy (non-hydrogen) atoms. The van der Waals surface area contributed by atoms with E-state index in [1.807, 2.05) is 0 Å². The lowest BCUT2D eigenvalue weighted by molar-refractivity contribution is 0.0470. The Labute approximate surface area is 113 Å². The van der Waals surface area contributed by atoms with Crippen molar-refractivity contribution in [1.29, 1.82) is 0 Å². The number of halogens is 2. The van der Waals surface area contributed by atoms with Gasteiger partial charge in [-0.2, -0.15) is 4.98 Å². The maximum Gasteiger partial charge on any atom is 0.397 e. The average Bonchev–Trinajstić information content (AvgIpc) is 2.82. The zero-order chi connectivity index (χ0) is 13.1. The third kappa shape index (κ3) is 2.47. The Balaban J connectivity index is 2.35. The zero-order valence-corrected chi connectivity index (χ0v) is 10.8. The number of nitrogens with zero attached hydrogens (tertiary/aromatic N) is 2. The van der Waals surface area contributed by atoms with Gasteiger partial charge in [-0.05, 0) is 19.1 Å². The van der Waals surface area contributed by atoms with Crippen LogP contribution in [-0.4, -0.2) is 22.7 Å². The first-order valence-corrected chi connectivity index (χ1v) is 5.84. The van der Waals surface area contributed by atoms with Gasteiger partial charge in [-0.25, -0.2) is 4.79 Å². The fourth-order valence-corrected chi connectivity index (χ4v) is 1.67. The number of benzene rings is 1. The van der Waals surface area contributed by atoms with Gasteiger partial charge < -0.3 is 9.26 Å². The Bertz CT molecular complexity index is 583. The molecule has 1 aromatic heterocycles. The number of hydrogen-bond donors (Lipinski definition) is 0. The Morgan fingerprint density at radius 3 is 2.94 bits per heavy atom. The molecule has 0 fully saturated rings. The number of hydrogen-bond acceptors (Lipinski definition) is 5. The van der Waals surface area contributed by atoms with Gasteiger partial charge >= 0.3 is 11.9 Å². The number of carbonyl (C=O) groups is 1. The van der Waals surface area contributed by atoms with E-state index in [1.54, 1.807) is 25.1 Å². The molecule has 0 aliphatic rings. The molecule has 0 aliphatic heterocycles. The van der Waals surface area contributed by atoms with Crippen molar-refractivity contribution in [3.05, 3.63) is 34.1 Å². The molecule has 2 rings (SSSR count). The number of carbonyl (C=O) groups excluding carboxylic acids is 1. The quantitative estimate of drug-likeness (QED) is 0.811. The Kier molecular flexibility index (Phi) is 3.84. The summed E-state index contributed by atoms with van der Waals surface area (Å²) in [4.78, 5) is 15.3. The van der Waals surface area contributed by atoms with Gasteiger partial charge in [0.05, 0.1) is 16.7 Å². The van der Waals surface area contributed by atoms with Gasteiger partial charge in [0.25, 0.3) is 0 Å². The molecule has 0 N–H and O–H groups in total. The molecule has 1 aromatic carbocycles. The highest BCUT2D eigenvalue weighted by atomic mass is 35.5. The van der Waals surface area contributed by atoms with E-state index in [-0.39, 0.29) is 18.3 Å². The van der Waals surface area contributed by atoms with Gasteiger partial charge in [-0.15, -0.1) is 0 Å². The highest BCUT2D eigenvalue weighted by Gasteiger charge is 2.19. The van der Waals surface area contributed by atoms with E-state index in [9.17, 15) is 4.79 Å². The molecule has 0 bridgehead atoms. The largest absolute Gasteiger partial charge is 0.459 e. The molecule has 0 spiro atoms. The van der Waals surface area contributed by atoms with Crippen LogP contribution in [0, 0.1) is 0 Å². The second-order valence-electron chi connectivity index (χ2n) is 3.24. The normalized spacial score (nSPS) is 10.4. The van der Waals surface area contributed by atoms with Crippen LogP contribution in [0.1, 0.15) is 17.6 Å². The summed E-state index contributed by atoms with van der Waals surface area (Å²) in [5.41, 5.74) is 0.489. The van der Waals surface area contributed by atoms with Crippen LogP contribution in [0.3, 0.4) is 0 Å². The van der Waals surface area contributed by atoms with Crippen molar-refractivity contribution < 1.29 is 14.1 Å². The molecule has 2 aromatic rings. The summed E-state index contributed by atoms with van der Waals surface area (Å²) < 4.78 is 9.53. The highest BCUT2D eigenvalue weighted by molar-refractivity contribution is 6.43. The van der Waals surface area contributed by atoms with E-state index in [0.717, 1.165) is 0 Å². The number of aromatic nitrogens is 2. The van der Waals surface area contributed by atoms with Crippen LogP contribution in [0.2, 0.25) is 10.0 Å².